The molecule has 4 rings (SSSR count). The molecule has 1 amide bonds. The number of halogens is 3. The number of alkyl halides is 3. The van der Waals surface area contributed by atoms with E-state index in [4.69, 9.17) is 4.52 Å². The summed E-state index contributed by atoms with van der Waals surface area (Å²) in [5, 5.41) is 9.99. The average Bonchev–Trinajstić information content (AvgIpc) is 3.25. The van der Waals surface area contributed by atoms with Gasteiger partial charge in [0.2, 0.25) is 0 Å². The van der Waals surface area contributed by atoms with Crippen LogP contribution in [0.5, 0.6) is 0 Å². The Kier molecular flexibility index (Phi) is 4.64. The highest BCUT2D eigenvalue weighted by molar-refractivity contribution is 5.92. The molecule has 152 valence electrons. The van der Waals surface area contributed by atoms with Gasteiger partial charge in [0, 0.05) is 42.6 Å². The van der Waals surface area contributed by atoms with Gasteiger partial charge in [-0.2, -0.15) is 18.3 Å². The van der Waals surface area contributed by atoms with Gasteiger partial charge in [-0.3, -0.25) is 14.5 Å². The van der Waals surface area contributed by atoms with Crippen LogP contribution in [-0.2, 0) is 13.2 Å². The summed E-state index contributed by atoms with van der Waals surface area (Å²) in [4.78, 5) is 16.7. The van der Waals surface area contributed by atoms with Crippen molar-refractivity contribution in [3.05, 3.63) is 53.3 Å². The van der Waals surface area contributed by atoms with Crippen LogP contribution in [0.1, 0.15) is 59.4 Å². The molecule has 7 nitrogen and oxygen atoms in total. The van der Waals surface area contributed by atoms with E-state index in [2.05, 4.69) is 20.6 Å². The molecule has 1 atom stereocenters. The Bertz CT molecular complexity index is 1050. The zero-order chi connectivity index (χ0) is 20.8. The zero-order valence-electron chi connectivity index (χ0n) is 15.7. The number of aromatic nitrogens is 4. The highest BCUT2D eigenvalue weighted by atomic mass is 19.4. The Labute approximate surface area is 163 Å². The fraction of sp³-hybridized carbons (Fsp3) is 0.368. The quantitative estimate of drug-likeness (QED) is 0.697. The first-order valence-electron chi connectivity index (χ1n) is 9.07. The minimum atomic E-state index is -4.62. The van der Waals surface area contributed by atoms with Crippen molar-refractivity contribution in [3.63, 3.8) is 0 Å². The highest BCUT2D eigenvalue weighted by Crippen LogP contribution is 2.39. The van der Waals surface area contributed by atoms with Gasteiger partial charge in [0.1, 0.15) is 11.4 Å². The number of rotatable bonds is 5. The third-order valence-electron chi connectivity index (χ3n) is 4.78. The molecule has 1 saturated carbocycles. The van der Waals surface area contributed by atoms with Crippen LogP contribution < -0.4 is 5.32 Å². The van der Waals surface area contributed by atoms with E-state index in [-0.39, 0.29) is 5.69 Å². The minimum absolute atomic E-state index is 0.202. The predicted molar refractivity (Wildman–Crippen MR) is 95.8 cm³/mol. The molecule has 3 aromatic rings. The summed E-state index contributed by atoms with van der Waals surface area (Å²) in [6, 6.07) is 5.60. The van der Waals surface area contributed by atoms with E-state index in [0.29, 0.717) is 23.4 Å². The molecule has 1 fully saturated rings. The number of carbonyl (C=O) groups excluding carboxylic acids is 1. The summed E-state index contributed by atoms with van der Waals surface area (Å²) in [7, 11) is 1.28. The predicted octanol–water partition coefficient (Wildman–Crippen LogP) is 3.86. The second-order valence-corrected chi connectivity index (χ2v) is 7.09. The van der Waals surface area contributed by atoms with Crippen LogP contribution in [0.25, 0.3) is 11.3 Å². The molecule has 0 spiro atoms. The third-order valence-corrected chi connectivity index (χ3v) is 4.78. The summed E-state index contributed by atoms with van der Waals surface area (Å²) in [5.74, 6) is 0.192. The third kappa shape index (κ3) is 4.01. The molecule has 0 aromatic carbocycles. The molecule has 1 unspecified atom stereocenters. The maximum Gasteiger partial charge on any atom is 0.435 e. The number of nitrogens with one attached hydrogen (secondary N) is 1. The molecule has 1 aliphatic carbocycles. The fourth-order valence-electron chi connectivity index (χ4n) is 3.00. The van der Waals surface area contributed by atoms with Gasteiger partial charge in [-0.15, -0.1) is 0 Å². The van der Waals surface area contributed by atoms with E-state index in [9.17, 15) is 18.0 Å². The highest BCUT2D eigenvalue weighted by Gasteiger charge is 2.35. The van der Waals surface area contributed by atoms with Crippen LogP contribution in [0.2, 0.25) is 0 Å². The molecule has 0 aliphatic heterocycles. The Hall–Kier alpha value is -3.17. The van der Waals surface area contributed by atoms with Crippen LogP contribution in [0.15, 0.2) is 35.0 Å². The zero-order valence-corrected chi connectivity index (χ0v) is 15.7. The van der Waals surface area contributed by atoms with Gasteiger partial charge in [0.25, 0.3) is 5.91 Å². The minimum Gasteiger partial charge on any atom is -0.359 e. The van der Waals surface area contributed by atoms with E-state index in [0.717, 1.165) is 28.8 Å². The number of amides is 1. The number of carbonyl (C=O) groups is 1. The standard InChI is InChI=1S/C19H18F3N5O2/c1-10(24-18(28)15-9-17(19(20,21)22)25-27(15)2)16-8-14(26-29-16)12-5-6-23-13(7-12)11-3-4-11/h5-11H,3-4H2,1-2H3,(H,24,28). The van der Waals surface area contributed by atoms with E-state index in [1.165, 1.54) is 7.05 Å². The molecule has 1 aliphatic rings. The van der Waals surface area contributed by atoms with Crippen molar-refractivity contribution in [2.24, 2.45) is 7.05 Å². The lowest BCUT2D eigenvalue weighted by atomic mass is 10.1. The van der Waals surface area contributed by atoms with E-state index in [1.54, 1.807) is 19.2 Å². The van der Waals surface area contributed by atoms with Gasteiger partial charge in [0.15, 0.2) is 11.5 Å². The molecular formula is C19H18F3N5O2. The maximum absolute atomic E-state index is 12.8. The number of aryl methyl sites for hydroxylation is 1. The second-order valence-electron chi connectivity index (χ2n) is 7.09. The number of hydrogen-bond donors (Lipinski definition) is 1. The van der Waals surface area contributed by atoms with Gasteiger partial charge in [-0.05, 0) is 31.9 Å². The smallest absolute Gasteiger partial charge is 0.359 e. The van der Waals surface area contributed by atoms with E-state index >= 15 is 0 Å². The van der Waals surface area contributed by atoms with Gasteiger partial charge < -0.3 is 9.84 Å². The molecule has 10 heteroatoms. The molecule has 1 N–H and O–H groups in total. The molecule has 0 bridgehead atoms. The van der Waals surface area contributed by atoms with E-state index in [1.807, 2.05) is 12.1 Å². The van der Waals surface area contributed by atoms with Crippen molar-refractivity contribution in [2.75, 3.05) is 0 Å². The van der Waals surface area contributed by atoms with Crippen LogP contribution >= 0.6 is 0 Å². The lowest BCUT2D eigenvalue weighted by Crippen LogP contribution is -2.28. The summed E-state index contributed by atoms with van der Waals surface area (Å²) in [6.07, 6.45) is -0.629. The normalized spacial score (nSPS) is 15.3. The second kappa shape index (κ2) is 7.02. The molecule has 0 radical (unpaired) electrons. The SMILES string of the molecule is CC(NC(=O)c1cc(C(F)(F)F)nn1C)c1cc(-c2ccnc(C3CC3)c2)no1. The number of pyridine rings is 1. The first-order chi connectivity index (χ1) is 13.7. The molecule has 29 heavy (non-hydrogen) atoms. The lowest BCUT2D eigenvalue weighted by Gasteiger charge is -2.10. The van der Waals surface area contributed by atoms with Gasteiger partial charge in [-0.1, -0.05) is 5.16 Å². The number of hydrogen-bond acceptors (Lipinski definition) is 5. The fourth-order valence-corrected chi connectivity index (χ4v) is 3.00. The topological polar surface area (TPSA) is 85.8 Å². The monoisotopic (exact) mass is 405 g/mol. The summed E-state index contributed by atoms with van der Waals surface area (Å²) >= 11 is 0. The summed E-state index contributed by atoms with van der Waals surface area (Å²) in [6.45, 7) is 1.66. The van der Waals surface area contributed by atoms with Crippen LogP contribution in [0, 0.1) is 0 Å². The summed E-state index contributed by atoms with van der Waals surface area (Å²) < 4.78 is 44.6. The van der Waals surface area contributed by atoms with Gasteiger partial charge >= 0.3 is 6.18 Å². The Morgan fingerprint density at radius 2 is 2.07 bits per heavy atom. The maximum atomic E-state index is 12.8. The van der Waals surface area contributed by atoms with Crippen LogP contribution in [0.4, 0.5) is 13.2 Å². The van der Waals surface area contributed by atoms with Gasteiger partial charge in [-0.25, -0.2) is 0 Å². The summed E-state index contributed by atoms with van der Waals surface area (Å²) in [5.41, 5.74) is 1.16. The first kappa shape index (κ1) is 19.2. The number of nitrogens with zero attached hydrogens (tertiary/aromatic N) is 4. The molecule has 3 heterocycles. The van der Waals surface area contributed by atoms with Crippen molar-refractivity contribution >= 4 is 5.91 Å². The Balaban J connectivity index is 1.48. The lowest BCUT2D eigenvalue weighted by molar-refractivity contribution is -0.141. The molecule has 0 saturated heterocycles. The van der Waals surface area contributed by atoms with Crippen molar-refractivity contribution in [1.82, 2.24) is 25.2 Å². The Morgan fingerprint density at radius 3 is 2.72 bits per heavy atom. The molecular weight excluding hydrogens is 387 g/mol. The van der Waals surface area contributed by atoms with Crippen molar-refractivity contribution in [3.8, 4) is 11.3 Å². The Morgan fingerprint density at radius 1 is 1.31 bits per heavy atom. The van der Waals surface area contributed by atoms with Crippen molar-refractivity contribution < 1.29 is 22.5 Å². The van der Waals surface area contributed by atoms with Crippen molar-refractivity contribution in [2.45, 2.75) is 37.9 Å². The molecule has 3 aromatic heterocycles. The first-order valence-corrected chi connectivity index (χ1v) is 9.07. The average molecular weight is 405 g/mol. The van der Waals surface area contributed by atoms with Gasteiger partial charge in [0.05, 0.1) is 6.04 Å². The van der Waals surface area contributed by atoms with Crippen LogP contribution in [-0.4, -0.2) is 25.8 Å². The largest absolute Gasteiger partial charge is 0.435 e. The van der Waals surface area contributed by atoms with Crippen molar-refractivity contribution in [1.29, 1.82) is 0 Å². The van der Waals surface area contributed by atoms with E-state index < -0.39 is 23.8 Å². The van der Waals surface area contributed by atoms with Crippen LogP contribution in [0.3, 0.4) is 0 Å².